The molecule has 3 rings (SSSR count). The molecule has 5 heteroatoms. The van der Waals surface area contributed by atoms with Crippen LogP contribution in [0, 0.1) is 6.92 Å². The molecule has 4 nitrogen and oxygen atoms in total. The number of Topliss-reactive ketones (excluding diaryl/α,β-unsaturated/α-hetero) is 1. The molecule has 148 valence electrons. The summed E-state index contributed by atoms with van der Waals surface area (Å²) in [6, 6.07) is 15.7. The van der Waals surface area contributed by atoms with Crippen LogP contribution < -0.4 is 0 Å². The summed E-state index contributed by atoms with van der Waals surface area (Å²) >= 11 is 0. The fraction of sp³-hybridized carbons (Fsp3) is 0.292. The second kappa shape index (κ2) is 8.64. The van der Waals surface area contributed by atoms with E-state index in [2.05, 4.69) is 66.9 Å². The molecule has 0 aliphatic heterocycles. The molecule has 0 aromatic heterocycles. The molecule has 29 heavy (non-hydrogen) atoms. The van der Waals surface area contributed by atoms with Gasteiger partial charge < -0.3 is 0 Å². The summed E-state index contributed by atoms with van der Waals surface area (Å²) in [7, 11) is -1.42. The van der Waals surface area contributed by atoms with E-state index >= 15 is 0 Å². The monoisotopic (exact) mass is 401 g/mol. The zero-order valence-electron chi connectivity index (χ0n) is 17.5. The van der Waals surface area contributed by atoms with Crippen LogP contribution in [0.15, 0.2) is 64.8 Å². The zero-order valence-corrected chi connectivity index (χ0v) is 18.5. The van der Waals surface area contributed by atoms with E-state index in [9.17, 15) is 4.79 Å². The first-order chi connectivity index (χ1) is 13.8. The molecule has 1 fully saturated rings. The fourth-order valence-corrected chi connectivity index (χ4v) is 5.27. The van der Waals surface area contributed by atoms with Crippen LogP contribution in [0.25, 0.3) is 22.6 Å². The Morgan fingerprint density at radius 3 is 1.86 bits per heavy atom. The molecule has 1 saturated carbocycles. The van der Waals surface area contributed by atoms with Crippen LogP contribution in [0.1, 0.15) is 29.5 Å². The first-order valence-electron chi connectivity index (χ1n) is 9.94. The molecule has 2 aromatic carbocycles. The Bertz CT molecular complexity index is 1010. The lowest BCUT2D eigenvalue weighted by molar-refractivity contribution is -0.112. The maximum atomic E-state index is 13.3. The van der Waals surface area contributed by atoms with Crippen molar-refractivity contribution in [2.75, 3.05) is 0 Å². The number of hydrogen-bond donors (Lipinski definition) is 0. The molecule has 0 saturated heterocycles. The van der Waals surface area contributed by atoms with E-state index < -0.39 is 8.07 Å². The molecule has 0 heterocycles. The predicted molar refractivity (Wildman–Crippen MR) is 124 cm³/mol. The molecule has 1 unspecified atom stereocenters. The minimum absolute atomic E-state index is 0.152. The fourth-order valence-electron chi connectivity index (χ4n) is 3.61. The summed E-state index contributed by atoms with van der Waals surface area (Å²) in [5.74, 6) is 0.152. The Morgan fingerprint density at radius 1 is 0.931 bits per heavy atom. The van der Waals surface area contributed by atoms with Gasteiger partial charge in [0, 0.05) is 29.8 Å². The van der Waals surface area contributed by atoms with Crippen molar-refractivity contribution in [1.29, 1.82) is 0 Å². The summed E-state index contributed by atoms with van der Waals surface area (Å²) in [4.78, 5) is 16.1. The van der Waals surface area contributed by atoms with Crippen LogP contribution in [0.4, 0.5) is 5.69 Å². The first kappa shape index (κ1) is 20.8. The van der Waals surface area contributed by atoms with Gasteiger partial charge >= 0.3 is 0 Å². The average molecular weight is 402 g/mol. The minimum Gasteiger partial charge on any atom is -0.289 e. The van der Waals surface area contributed by atoms with Crippen molar-refractivity contribution < 1.29 is 4.79 Å². The SMILES string of the molecule is Cc1ccc(C=C2CC([Si](C)(C)C)CC(=Cc3ccc(N=[N+]=[N-])cc3)C2=O)cc1. The number of hydrogen-bond acceptors (Lipinski definition) is 2. The Hall–Kier alpha value is -2.88. The van der Waals surface area contributed by atoms with Crippen molar-refractivity contribution in [2.24, 2.45) is 5.11 Å². The molecule has 0 amide bonds. The van der Waals surface area contributed by atoms with E-state index in [0.29, 0.717) is 11.2 Å². The molecule has 0 spiro atoms. The van der Waals surface area contributed by atoms with Crippen LogP contribution in [-0.4, -0.2) is 13.9 Å². The predicted octanol–water partition coefficient (Wildman–Crippen LogP) is 7.48. The molecule has 1 aliphatic carbocycles. The second-order valence-corrected chi connectivity index (χ2v) is 14.4. The summed E-state index contributed by atoms with van der Waals surface area (Å²) in [6.45, 7) is 9.20. The third kappa shape index (κ3) is 5.34. The number of ketones is 1. The Morgan fingerprint density at radius 2 is 1.41 bits per heavy atom. The molecular weight excluding hydrogens is 374 g/mol. The van der Waals surface area contributed by atoms with Crippen LogP contribution in [0.5, 0.6) is 0 Å². The van der Waals surface area contributed by atoms with Gasteiger partial charge in [0.15, 0.2) is 5.78 Å². The highest BCUT2D eigenvalue weighted by Gasteiger charge is 2.35. The van der Waals surface area contributed by atoms with Gasteiger partial charge in [-0.25, -0.2) is 0 Å². The van der Waals surface area contributed by atoms with Crippen LogP contribution in [0.3, 0.4) is 0 Å². The highest BCUT2D eigenvalue weighted by molar-refractivity contribution is 6.77. The molecule has 0 N–H and O–H groups in total. The summed E-state index contributed by atoms with van der Waals surface area (Å²) in [5.41, 5.74) is 14.7. The Balaban J connectivity index is 1.97. The van der Waals surface area contributed by atoms with Gasteiger partial charge in [-0.15, -0.1) is 0 Å². The van der Waals surface area contributed by atoms with Gasteiger partial charge in [0.25, 0.3) is 0 Å². The summed E-state index contributed by atoms with van der Waals surface area (Å²) < 4.78 is 0. The van der Waals surface area contributed by atoms with E-state index in [1.807, 2.05) is 18.2 Å². The van der Waals surface area contributed by atoms with Crippen LogP contribution in [0.2, 0.25) is 25.2 Å². The number of aryl methyl sites for hydroxylation is 1. The third-order valence-corrected chi connectivity index (χ3v) is 8.41. The third-order valence-electron chi connectivity index (χ3n) is 5.55. The summed E-state index contributed by atoms with van der Waals surface area (Å²) in [5, 5.41) is 3.61. The molecule has 0 bridgehead atoms. The van der Waals surface area contributed by atoms with E-state index in [0.717, 1.165) is 35.1 Å². The van der Waals surface area contributed by atoms with Crippen molar-refractivity contribution in [2.45, 2.75) is 44.9 Å². The van der Waals surface area contributed by atoms with Crippen molar-refractivity contribution >= 4 is 31.7 Å². The molecule has 1 atom stereocenters. The normalized spacial score (nSPS) is 20.0. The molecule has 0 radical (unpaired) electrons. The van der Waals surface area contributed by atoms with Crippen molar-refractivity contribution in [1.82, 2.24) is 0 Å². The number of allylic oxidation sites excluding steroid dienone is 2. The number of azide groups is 1. The standard InChI is InChI=1S/C24H27N3OSi/c1-17-5-7-18(8-6-17)13-20-15-23(29(2,3)4)16-21(24(20)28)14-19-9-11-22(12-10-19)26-27-25/h5-14,23H,15-16H2,1-4H3. The number of rotatable bonds is 4. The van der Waals surface area contributed by atoms with Gasteiger partial charge in [-0.1, -0.05) is 78.8 Å². The van der Waals surface area contributed by atoms with Crippen molar-refractivity contribution in [3.8, 4) is 0 Å². The maximum Gasteiger partial charge on any atom is 0.185 e. The summed E-state index contributed by atoms with van der Waals surface area (Å²) in [6.07, 6.45) is 5.75. The lowest BCUT2D eigenvalue weighted by Crippen LogP contribution is -2.33. The van der Waals surface area contributed by atoms with E-state index in [1.165, 1.54) is 5.56 Å². The molecule has 1 aliphatic rings. The lowest BCUT2D eigenvalue weighted by Gasteiger charge is -2.34. The van der Waals surface area contributed by atoms with Crippen LogP contribution >= 0.6 is 0 Å². The van der Waals surface area contributed by atoms with Gasteiger partial charge in [-0.2, -0.15) is 0 Å². The Kier molecular flexibility index (Phi) is 6.21. The van der Waals surface area contributed by atoms with E-state index in [1.54, 1.807) is 12.1 Å². The van der Waals surface area contributed by atoms with Gasteiger partial charge in [0.05, 0.1) is 0 Å². The van der Waals surface area contributed by atoms with Crippen LogP contribution in [-0.2, 0) is 4.79 Å². The molecule has 2 aromatic rings. The van der Waals surface area contributed by atoms with E-state index in [-0.39, 0.29) is 5.78 Å². The largest absolute Gasteiger partial charge is 0.289 e. The van der Waals surface area contributed by atoms with Gasteiger partial charge in [-0.05, 0) is 54.1 Å². The van der Waals surface area contributed by atoms with Crippen molar-refractivity contribution in [3.05, 3.63) is 86.8 Å². The maximum absolute atomic E-state index is 13.3. The zero-order chi connectivity index (χ0) is 21.0. The van der Waals surface area contributed by atoms with Gasteiger partial charge in [-0.3, -0.25) is 4.79 Å². The highest BCUT2D eigenvalue weighted by Crippen LogP contribution is 2.41. The second-order valence-electron chi connectivity index (χ2n) is 8.83. The minimum atomic E-state index is -1.42. The van der Waals surface area contributed by atoms with Gasteiger partial charge in [0.2, 0.25) is 0 Å². The van der Waals surface area contributed by atoms with Crippen molar-refractivity contribution in [3.63, 3.8) is 0 Å². The topological polar surface area (TPSA) is 65.8 Å². The average Bonchev–Trinajstić information content (AvgIpc) is 2.67. The molecular formula is C24H27N3OSi. The number of nitrogens with zero attached hydrogens (tertiary/aromatic N) is 3. The number of benzene rings is 2. The van der Waals surface area contributed by atoms with E-state index in [4.69, 9.17) is 5.53 Å². The number of carbonyl (C=O) groups is 1. The van der Waals surface area contributed by atoms with Gasteiger partial charge in [0.1, 0.15) is 0 Å². The first-order valence-corrected chi connectivity index (χ1v) is 13.5. The Labute approximate surface area is 173 Å². The highest BCUT2D eigenvalue weighted by atomic mass is 28.3. The smallest absolute Gasteiger partial charge is 0.185 e. The quantitative estimate of drug-likeness (QED) is 0.172. The number of carbonyl (C=O) groups excluding carboxylic acids is 1. The lowest BCUT2D eigenvalue weighted by atomic mass is 9.86.